The van der Waals surface area contributed by atoms with E-state index in [1.807, 2.05) is 24.3 Å². The molecule has 20 heavy (non-hydrogen) atoms. The van der Waals surface area contributed by atoms with Gasteiger partial charge in [-0.25, -0.2) is 0 Å². The van der Waals surface area contributed by atoms with Gasteiger partial charge in [-0.1, -0.05) is 41.4 Å². The molecule has 1 atom stereocenters. The van der Waals surface area contributed by atoms with Crippen molar-refractivity contribution in [2.45, 2.75) is 6.10 Å². The van der Waals surface area contributed by atoms with Crippen molar-refractivity contribution >= 4 is 28.9 Å². The van der Waals surface area contributed by atoms with Crippen molar-refractivity contribution in [2.24, 2.45) is 0 Å². The predicted molar refractivity (Wildman–Crippen MR) is 81.3 cm³/mol. The van der Waals surface area contributed by atoms with Gasteiger partial charge in [-0.05, 0) is 18.2 Å². The number of methoxy groups -OCH3 is 1. The van der Waals surface area contributed by atoms with Crippen molar-refractivity contribution in [3.8, 4) is 11.5 Å². The summed E-state index contributed by atoms with van der Waals surface area (Å²) in [5.41, 5.74) is 1.80. The first-order valence-corrected chi connectivity index (χ1v) is 6.97. The summed E-state index contributed by atoms with van der Waals surface area (Å²) in [4.78, 5) is 0. The van der Waals surface area contributed by atoms with Crippen LogP contribution in [0.4, 0.5) is 5.69 Å². The molecule has 3 rings (SSSR count). The molecule has 0 saturated heterocycles. The molecule has 0 amide bonds. The number of para-hydroxylation sites is 1. The Labute approximate surface area is 127 Å². The molecule has 0 radical (unpaired) electrons. The van der Waals surface area contributed by atoms with Crippen LogP contribution >= 0.6 is 23.2 Å². The van der Waals surface area contributed by atoms with Crippen LogP contribution in [0.1, 0.15) is 11.7 Å². The first-order chi connectivity index (χ1) is 9.69. The lowest BCUT2D eigenvalue weighted by atomic mass is 10.1. The normalized spacial score (nSPS) is 16.9. The van der Waals surface area contributed by atoms with Gasteiger partial charge in [0.2, 0.25) is 0 Å². The second-order valence-electron chi connectivity index (χ2n) is 4.49. The van der Waals surface area contributed by atoms with E-state index in [0.29, 0.717) is 22.3 Å². The van der Waals surface area contributed by atoms with Crippen molar-refractivity contribution < 1.29 is 9.47 Å². The molecular weight excluding hydrogens is 297 g/mol. The number of hydrogen-bond donors (Lipinski definition) is 1. The molecule has 0 spiro atoms. The van der Waals surface area contributed by atoms with E-state index in [9.17, 15) is 0 Å². The van der Waals surface area contributed by atoms with E-state index in [2.05, 4.69) is 5.32 Å². The van der Waals surface area contributed by atoms with Crippen molar-refractivity contribution in [3.63, 3.8) is 0 Å². The van der Waals surface area contributed by atoms with E-state index in [0.717, 1.165) is 17.0 Å². The third kappa shape index (κ3) is 2.39. The van der Waals surface area contributed by atoms with Crippen LogP contribution in [0.25, 0.3) is 0 Å². The minimum absolute atomic E-state index is 0.155. The molecule has 0 fully saturated rings. The van der Waals surface area contributed by atoms with Crippen LogP contribution < -0.4 is 14.8 Å². The van der Waals surface area contributed by atoms with E-state index >= 15 is 0 Å². The molecule has 5 heteroatoms. The van der Waals surface area contributed by atoms with Crippen LogP contribution in [0, 0.1) is 0 Å². The first kappa shape index (κ1) is 13.4. The Morgan fingerprint density at radius 1 is 1.25 bits per heavy atom. The Morgan fingerprint density at radius 2 is 2.05 bits per heavy atom. The molecule has 2 aromatic rings. The van der Waals surface area contributed by atoms with Crippen LogP contribution in [-0.2, 0) is 0 Å². The molecule has 1 aliphatic rings. The largest absolute Gasteiger partial charge is 0.496 e. The fourth-order valence-electron chi connectivity index (χ4n) is 2.30. The lowest BCUT2D eigenvalue weighted by molar-refractivity contribution is 0.205. The maximum atomic E-state index is 6.19. The average molecular weight is 310 g/mol. The zero-order valence-electron chi connectivity index (χ0n) is 10.8. The third-order valence-corrected chi connectivity index (χ3v) is 3.73. The summed E-state index contributed by atoms with van der Waals surface area (Å²) < 4.78 is 11.4. The van der Waals surface area contributed by atoms with E-state index in [4.69, 9.17) is 32.7 Å². The van der Waals surface area contributed by atoms with Gasteiger partial charge in [-0.3, -0.25) is 0 Å². The number of hydrogen-bond acceptors (Lipinski definition) is 3. The molecule has 0 saturated carbocycles. The molecule has 1 N–H and O–H groups in total. The molecule has 1 heterocycles. The molecule has 1 unspecified atom stereocenters. The Hall–Kier alpha value is -1.58. The summed E-state index contributed by atoms with van der Waals surface area (Å²) in [7, 11) is 1.65. The maximum absolute atomic E-state index is 6.19. The van der Waals surface area contributed by atoms with E-state index in [1.54, 1.807) is 19.2 Å². The fourth-order valence-corrected chi connectivity index (χ4v) is 2.84. The number of nitrogens with one attached hydrogen (secondary N) is 1. The van der Waals surface area contributed by atoms with Gasteiger partial charge in [-0.2, -0.15) is 0 Å². The van der Waals surface area contributed by atoms with Crippen molar-refractivity contribution in [2.75, 3.05) is 19.0 Å². The monoisotopic (exact) mass is 309 g/mol. The highest BCUT2D eigenvalue weighted by molar-refractivity contribution is 6.36. The summed E-state index contributed by atoms with van der Waals surface area (Å²) in [6, 6.07) is 11.3. The lowest BCUT2D eigenvalue weighted by Gasteiger charge is -2.29. The Morgan fingerprint density at radius 3 is 2.85 bits per heavy atom. The molecule has 3 nitrogen and oxygen atoms in total. The number of ether oxygens (including phenoxy) is 2. The summed E-state index contributed by atoms with van der Waals surface area (Å²) in [5, 5.41) is 4.38. The summed E-state index contributed by atoms with van der Waals surface area (Å²) in [6.07, 6.45) is -0.155. The van der Waals surface area contributed by atoms with Gasteiger partial charge >= 0.3 is 0 Å². The van der Waals surface area contributed by atoms with Crippen LogP contribution in [0.3, 0.4) is 0 Å². The van der Waals surface area contributed by atoms with Gasteiger partial charge in [0.15, 0.2) is 5.75 Å². The SMILES string of the molecule is COc1ccccc1C1CNc2cc(Cl)cc(Cl)c2O1. The van der Waals surface area contributed by atoms with Crippen LogP contribution in [-0.4, -0.2) is 13.7 Å². The maximum Gasteiger partial charge on any atom is 0.162 e. The average Bonchev–Trinajstić information content (AvgIpc) is 2.47. The second kappa shape index (κ2) is 5.43. The highest BCUT2D eigenvalue weighted by atomic mass is 35.5. The highest BCUT2D eigenvalue weighted by Gasteiger charge is 2.25. The molecule has 0 aromatic heterocycles. The quantitative estimate of drug-likeness (QED) is 0.883. The first-order valence-electron chi connectivity index (χ1n) is 6.21. The Kier molecular flexibility index (Phi) is 3.64. The molecule has 0 aliphatic carbocycles. The number of halogens is 2. The van der Waals surface area contributed by atoms with Gasteiger partial charge in [0.25, 0.3) is 0 Å². The fraction of sp³-hybridized carbons (Fsp3) is 0.200. The molecule has 0 bridgehead atoms. The van der Waals surface area contributed by atoms with E-state index in [-0.39, 0.29) is 6.10 Å². The summed E-state index contributed by atoms with van der Waals surface area (Å²) in [5.74, 6) is 1.42. The molecular formula is C15H13Cl2NO2. The van der Waals surface area contributed by atoms with Gasteiger partial charge in [0.05, 0.1) is 24.4 Å². The number of anilines is 1. The van der Waals surface area contributed by atoms with E-state index < -0.39 is 0 Å². The van der Waals surface area contributed by atoms with Gasteiger partial charge < -0.3 is 14.8 Å². The number of fused-ring (bicyclic) bond motifs is 1. The summed E-state index contributed by atoms with van der Waals surface area (Å²) >= 11 is 12.2. The second-order valence-corrected chi connectivity index (χ2v) is 5.34. The van der Waals surface area contributed by atoms with Crippen LogP contribution in [0.2, 0.25) is 10.0 Å². The van der Waals surface area contributed by atoms with Crippen molar-refractivity contribution in [3.05, 3.63) is 52.0 Å². The molecule has 2 aromatic carbocycles. The van der Waals surface area contributed by atoms with Gasteiger partial charge in [0, 0.05) is 10.6 Å². The topological polar surface area (TPSA) is 30.5 Å². The standard InChI is InChI=1S/C15H13Cl2NO2/c1-19-13-5-3-2-4-10(13)14-8-18-12-7-9(16)6-11(17)15(12)20-14/h2-7,14,18H,8H2,1H3. The van der Waals surface area contributed by atoms with Gasteiger partial charge in [0.1, 0.15) is 11.9 Å². The molecule has 1 aliphatic heterocycles. The lowest BCUT2D eigenvalue weighted by Crippen LogP contribution is -2.24. The molecule has 104 valence electrons. The zero-order valence-corrected chi connectivity index (χ0v) is 12.3. The predicted octanol–water partition coefficient (Wildman–Crippen LogP) is 4.55. The Balaban J connectivity index is 1.96. The Bertz CT molecular complexity index is 646. The zero-order chi connectivity index (χ0) is 14.1. The minimum atomic E-state index is -0.155. The smallest absolute Gasteiger partial charge is 0.162 e. The van der Waals surface area contributed by atoms with Crippen molar-refractivity contribution in [1.82, 2.24) is 0 Å². The van der Waals surface area contributed by atoms with Crippen LogP contribution in [0.15, 0.2) is 36.4 Å². The third-order valence-electron chi connectivity index (χ3n) is 3.23. The van der Waals surface area contributed by atoms with Gasteiger partial charge in [-0.15, -0.1) is 0 Å². The van der Waals surface area contributed by atoms with Crippen LogP contribution in [0.5, 0.6) is 11.5 Å². The number of benzene rings is 2. The number of rotatable bonds is 2. The summed E-state index contributed by atoms with van der Waals surface area (Å²) in [6.45, 7) is 0.629. The van der Waals surface area contributed by atoms with E-state index in [1.165, 1.54) is 0 Å². The highest BCUT2D eigenvalue weighted by Crippen LogP contribution is 2.42. The van der Waals surface area contributed by atoms with Crippen molar-refractivity contribution in [1.29, 1.82) is 0 Å². The minimum Gasteiger partial charge on any atom is -0.496 e.